The SMILES string of the molecule is O=C(O)c1cc(-c2cccc(C(F)(F)F)c2)nc2ccc(S(=O)(=O)N3CCCCCC3)cc12. The van der Waals surface area contributed by atoms with Gasteiger partial charge >= 0.3 is 12.1 Å². The lowest BCUT2D eigenvalue weighted by atomic mass is 10.0. The van der Waals surface area contributed by atoms with Gasteiger partial charge in [-0.2, -0.15) is 17.5 Å². The summed E-state index contributed by atoms with van der Waals surface area (Å²) in [6.45, 7) is 0.803. The molecule has 174 valence electrons. The quantitative estimate of drug-likeness (QED) is 0.558. The van der Waals surface area contributed by atoms with Gasteiger partial charge < -0.3 is 5.11 Å². The number of pyridine rings is 1. The standard InChI is InChI=1S/C23H21F3N2O4S/c24-23(25,26)16-7-5-6-15(12-16)21-14-19(22(29)30)18-13-17(8-9-20(18)27-21)33(31,32)28-10-3-1-2-4-11-28/h5-9,12-14H,1-4,10-11H2,(H,29,30). The number of hydrogen-bond donors (Lipinski definition) is 1. The molecule has 0 unspecified atom stereocenters. The zero-order valence-corrected chi connectivity index (χ0v) is 18.3. The summed E-state index contributed by atoms with van der Waals surface area (Å²) in [5.41, 5.74) is -0.778. The van der Waals surface area contributed by atoms with E-state index in [-0.39, 0.29) is 32.6 Å². The van der Waals surface area contributed by atoms with Crippen LogP contribution in [0.4, 0.5) is 13.2 Å². The maximum absolute atomic E-state index is 13.1. The van der Waals surface area contributed by atoms with Crippen molar-refractivity contribution >= 4 is 26.9 Å². The van der Waals surface area contributed by atoms with E-state index in [2.05, 4.69) is 4.98 Å². The van der Waals surface area contributed by atoms with E-state index in [4.69, 9.17) is 0 Å². The fourth-order valence-corrected chi connectivity index (χ4v) is 5.52. The maximum Gasteiger partial charge on any atom is 0.416 e. The fourth-order valence-electron chi connectivity index (χ4n) is 3.98. The number of carboxylic acid groups (broad SMARTS) is 1. The smallest absolute Gasteiger partial charge is 0.416 e. The van der Waals surface area contributed by atoms with Crippen LogP contribution in [-0.2, 0) is 16.2 Å². The van der Waals surface area contributed by atoms with E-state index in [9.17, 15) is 31.5 Å². The second kappa shape index (κ2) is 8.75. The molecule has 33 heavy (non-hydrogen) atoms. The zero-order chi connectivity index (χ0) is 23.8. The van der Waals surface area contributed by atoms with Crippen LogP contribution in [-0.4, -0.2) is 41.9 Å². The molecule has 1 fully saturated rings. The highest BCUT2D eigenvalue weighted by atomic mass is 32.2. The first-order valence-electron chi connectivity index (χ1n) is 10.4. The highest BCUT2D eigenvalue weighted by molar-refractivity contribution is 7.89. The van der Waals surface area contributed by atoms with Crippen molar-refractivity contribution in [3.05, 3.63) is 59.7 Å². The highest BCUT2D eigenvalue weighted by Gasteiger charge is 2.31. The molecule has 0 aliphatic carbocycles. The van der Waals surface area contributed by atoms with Crippen LogP contribution < -0.4 is 0 Å². The number of carboxylic acids is 1. The second-order valence-corrected chi connectivity index (χ2v) is 9.87. The Labute approximate surface area is 188 Å². The zero-order valence-electron chi connectivity index (χ0n) is 17.5. The molecule has 1 saturated heterocycles. The van der Waals surface area contributed by atoms with Gasteiger partial charge in [-0.25, -0.2) is 18.2 Å². The van der Waals surface area contributed by atoms with Crippen molar-refractivity contribution in [2.24, 2.45) is 0 Å². The van der Waals surface area contributed by atoms with Crippen molar-refractivity contribution in [2.45, 2.75) is 36.8 Å². The molecule has 4 rings (SSSR count). The van der Waals surface area contributed by atoms with Crippen LogP contribution in [0.25, 0.3) is 22.2 Å². The molecule has 2 heterocycles. The highest BCUT2D eigenvalue weighted by Crippen LogP contribution is 2.33. The molecule has 0 radical (unpaired) electrons. The minimum absolute atomic E-state index is 0.0342. The van der Waals surface area contributed by atoms with E-state index >= 15 is 0 Å². The van der Waals surface area contributed by atoms with Crippen LogP contribution >= 0.6 is 0 Å². The van der Waals surface area contributed by atoms with Gasteiger partial charge in [0.1, 0.15) is 0 Å². The Morgan fingerprint density at radius 1 is 0.970 bits per heavy atom. The predicted octanol–water partition coefficient (Wildman–Crippen LogP) is 5.18. The predicted molar refractivity (Wildman–Crippen MR) is 116 cm³/mol. The molecule has 0 amide bonds. The molecule has 1 aromatic heterocycles. The van der Waals surface area contributed by atoms with Crippen LogP contribution in [0.1, 0.15) is 41.6 Å². The molecule has 2 aromatic carbocycles. The molecule has 3 aromatic rings. The minimum Gasteiger partial charge on any atom is -0.478 e. The van der Waals surface area contributed by atoms with Gasteiger partial charge in [0.25, 0.3) is 0 Å². The molecule has 0 bridgehead atoms. The Morgan fingerprint density at radius 3 is 2.30 bits per heavy atom. The van der Waals surface area contributed by atoms with Crippen molar-refractivity contribution in [1.29, 1.82) is 0 Å². The van der Waals surface area contributed by atoms with E-state index < -0.39 is 27.7 Å². The lowest BCUT2D eigenvalue weighted by Gasteiger charge is -2.20. The molecule has 0 saturated carbocycles. The summed E-state index contributed by atoms with van der Waals surface area (Å²) in [5.74, 6) is -1.33. The van der Waals surface area contributed by atoms with E-state index in [1.165, 1.54) is 40.7 Å². The van der Waals surface area contributed by atoms with Crippen LogP contribution in [0.15, 0.2) is 53.4 Å². The molecule has 0 atom stereocenters. The van der Waals surface area contributed by atoms with E-state index in [1.54, 1.807) is 0 Å². The first-order chi connectivity index (χ1) is 15.6. The van der Waals surface area contributed by atoms with Crippen molar-refractivity contribution < 1.29 is 31.5 Å². The summed E-state index contributed by atoms with van der Waals surface area (Å²) in [5, 5.41) is 9.86. The van der Waals surface area contributed by atoms with Gasteiger partial charge in [0.05, 0.1) is 27.2 Å². The van der Waals surface area contributed by atoms with E-state index in [0.717, 1.165) is 37.8 Å². The number of fused-ring (bicyclic) bond motifs is 1. The second-order valence-electron chi connectivity index (χ2n) is 7.94. The van der Waals surface area contributed by atoms with Crippen LogP contribution in [0.5, 0.6) is 0 Å². The maximum atomic E-state index is 13.1. The molecule has 1 aliphatic rings. The largest absolute Gasteiger partial charge is 0.478 e. The van der Waals surface area contributed by atoms with Crippen molar-refractivity contribution in [2.75, 3.05) is 13.1 Å². The van der Waals surface area contributed by atoms with E-state index in [1.807, 2.05) is 0 Å². The third-order valence-corrected chi connectivity index (χ3v) is 7.59. The van der Waals surface area contributed by atoms with Gasteiger partial charge in [-0.15, -0.1) is 0 Å². The Hall–Kier alpha value is -2.98. The summed E-state index contributed by atoms with van der Waals surface area (Å²) >= 11 is 0. The number of rotatable bonds is 4. The summed E-state index contributed by atoms with van der Waals surface area (Å²) < 4.78 is 67.0. The number of halogens is 3. The number of benzene rings is 2. The number of aromatic carboxylic acids is 1. The van der Waals surface area contributed by atoms with Gasteiger partial charge in [-0.1, -0.05) is 25.0 Å². The number of hydrogen-bond acceptors (Lipinski definition) is 4. The molecule has 10 heteroatoms. The summed E-state index contributed by atoms with van der Waals surface area (Å²) in [4.78, 5) is 16.3. The van der Waals surface area contributed by atoms with Crippen molar-refractivity contribution in [1.82, 2.24) is 9.29 Å². The lowest BCUT2D eigenvalue weighted by Crippen LogP contribution is -2.31. The normalized spacial score (nSPS) is 16.0. The number of alkyl halides is 3. The summed E-state index contributed by atoms with van der Waals surface area (Å²) in [6, 6.07) is 9.65. The van der Waals surface area contributed by atoms with Crippen LogP contribution in [0, 0.1) is 0 Å². The minimum atomic E-state index is -4.56. The molecule has 1 aliphatic heterocycles. The van der Waals surface area contributed by atoms with Gasteiger partial charge in [0.2, 0.25) is 10.0 Å². The Kier molecular flexibility index (Phi) is 6.15. The summed E-state index contributed by atoms with van der Waals surface area (Å²) in [7, 11) is -3.82. The van der Waals surface area contributed by atoms with E-state index in [0.29, 0.717) is 13.1 Å². The first-order valence-corrected chi connectivity index (χ1v) is 11.9. The van der Waals surface area contributed by atoms with Crippen molar-refractivity contribution in [3.63, 3.8) is 0 Å². The average molecular weight is 478 g/mol. The third kappa shape index (κ3) is 4.72. The molecule has 1 N–H and O–H groups in total. The summed E-state index contributed by atoms with van der Waals surface area (Å²) in [6.07, 6.45) is -1.13. The first kappa shape index (κ1) is 23.2. The molecular formula is C23H21F3N2O4S. The number of nitrogens with zero attached hydrogens (tertiary/aromatic N) is 2. The molecule has 6 nitrogen and oxygen atoms in total. The van der Waals surface area contributed by atoms with Gasteiger partial charge in [0.15, 0.2) is 0 Å². The van der Waals surface area contributed by atoms with Crippen LogP contribution in [0.2, 0.25) is 0 Å². The van der Waals surface area contributed by atoms with Gasteiger partial charge in [0, 0.05) is 24.0 Å². The third-order valence-electron chi connectivity index (χ3n) is 5.70. The Balaban J connectivity index is 1.82. The van der Waals surface area contributed by atoms with Crippen molar-refractivity contribution in [3.8, 4) is 11.3 Å². The molecular weight excluding hydrogens is 457 g/mol. The topological polar surface area (TPSA) is 87.6 Å². The monoisotopic (exact) mass is 478 g/mol. The van der Waals surface area contributed by atoms with Crippen LogP contribution in [0.3, 0.4) is 0 Å². The average Bonchev–Trinajstić information content (AvgIpc) is 3.07. The number of aromatic nitrogens is 1. The number of carbonyl (C=O) groups is 1. The van der Waals surface area contributed by atoms with Gasteiger partial charge in [-0.05, 0) is 49.2 Å². The number of sulfonamides is 1. The molecule has 0 spiro atoms. The lowest BCUT2D eigenvalue weighted by molar-refractivity contribution is -0.137. The fraction of sp³-hybridized carbons (Fsp3) is 0.304. The Bertz CT molecular complexity index is 1320. The Morgan fingerprint density at radius 2 is 1.67 bits per heavy atom. The van der Waals surface area contributed by atoms with Gasteiger partial charge in [-0.3, -0.25) is 0 Å².